The van der Waals surface area contributed by atoms with Crippen molar-refractivity contribution in [1.82, 2.24) is 5.16 Å². The van der Waals surface area contributed by atoms with Gasteiger partial charge in [0.2, 0.25) is 0 Å². The number of hydrogen-bond donors (Lipinski definition) is 1. The third-order valence-corrected chi connectivity index (χ3v) is 3.13. The Kier molecular flexibility index (Phi) is 4.62. The Morgan fingerprint density at radius 2 is 2.10 bits per heavy atom. The van der Waals surface area contributed by atoms with E-state index in [1.54, 1.807) is 13.0 Å². The fourth-order valence-corrected chi connectivity index (χ4v) is 2.14. The molecule has 2 aromatic rings. The zero-order valence-electron chi connectivity index (χ0n) is 12.8. The van der Waals surface area contributed by atoms with Crippen LogP contribution in [0.3, 0.4) is 0 Å². The van der Waals surface area contributed by atoms with E-state index in [0.717, 1.165) is 5.56 Å². The molecule has 1 aromatic carbocycles. The molecule has 0 bridgehead atoms. The molecule has 1 heterocycles. The van der Waals surface area contributed by atoms with Gasteiger partial charge in [0.25, 0.3) is 5.91 Å². The maximum atomic E-state index is 11.7. The number of anilines is 1. The zero-order chi connectivity index (χ0) is 15.4. The van der Waals surface area contributed by atoms with Gasteiger partial charge in [-0.15, -0.1) is 0 Å². The Labute approximate surface area is 124 Å². The molecule has 1 N–H and O–H groups in total. The van der Waals surface area contributed by atoms with Gasteiger partial charge in [-0.3, -0.25) is 4.79 Å². The van der Waals surface area contributed by atoms with E-state index in [9.17, 15) is 4.79 Å². The molecule has 0 saturated carbocycles. The predicted molar refractivity (Wildman–Crippen MR) is 80.6 cm³/mol. The first kappa shape index (κ1) is 15.1. The van der Waals surface area contributed by atoms with Gasteiger partial charge in [0.15, 0.2) is 12.4 Å². The van der Waals surface area contributed by atoms with Gasteiger partial charge in [-0.1, -0.05) is 25.1 Å². The summed E-state index contributed by atoms with van der Waals surface area (Å²) in [4.78, 5) is 11.7. The number of nitrogens with zero attached hydrogens (tertiary/aromatic N) is 1. The SMILES string of the molecule is Cc1cc(NC(=O)COc2ccc(C(C)C)c(C)c2)no1. The van der Waals surface area contributed by atoms with Crippen LogP contribution in [0.4, 0.5) is 5.82 Å². The average molecular weight is 288 g/mol. The van der Waals surface area contributed by atoms with Crippen molar-refractivity contribution in [3.05, 3.63) is 41.2 Å². The third-order valence-electron chi connectivity index (χ3n) is 3.13. The second-order valence-corrected chi connectivity index (χ2v) is 5.33. The highest BCUT2D eigenvalue weighted by Crippen LogP contribution is 2.23. The molecule has 1 aromatic heterocycles. The average Bonchev–Trinajstić information content (AvgIpc) is 2.81. The van der Waals surface area contributed by atoms with Crippen LogP contribution in [0.1, 0.15) is 36.7 Å². The maximum absolute atomic E-state index is 11.7. The van der Waals surface area contributed by atoms with Crippen LogP contribution >= 0.6 is 0 Å². The number of aryl methyl sites for hydroxylation is 2. The van der Waals surface area contributed by atoms with E-state index in [0.29, 0.717) is 23.2 Å². The molecule has 0 saturated heterocycles. The summed E-state index contributed by atoms with van der Waals surface area (Å²) >= 11 is 0. The number of rotatable bonds is 5. The molecule has 0 spiro atoms. The van der Waals surface area contributed by atoms with Crippen LogP contribution in [-0.2, 0) is 4.79 Å². The molecule has 0 unspecified atom stereocenters. The van der Waals surface area contributed by atoms with Gasteiger partial charge in [0, 0.05) is 6.07 Å². The van der Waals surface area contributed by atoms with Crippen molar-refractivity contribution in [2.24, 2.45) is 0 Å². The second-order valence-electron chi connectivity index (χ2n) is 5.33. The van der Waals surface area contributed by atoms with Gasteiger partial charge in [-0.05, 0) is 43.0 Å². The number of hydrogen-bond acceptors (Lipinski definition) is 4. The molecule has 0 aliphatic carbocycles. The number of ether oxygens (including phenoxy) is 1. The monoisotopic (exact) mass is 288 g/mol. The van der Waals surface area contributed by atoms with Crippen molar-refractivity contribution in [2.75, 3.05) is 11.9 Å². The van der Waals surface area contributed by atoms with E-state index in [1.165, 1.54) is 5.56 Å². The molecule has 21 heavy (non-hydrogen) atoms. The molecule has 1 amide bonds. The second kappa shape index (κ2) is 6.43. The topological polar surface area (TPSA) is 64.4 Å². The van der Waals surface area contributed by atoms with E-state index >= 15 is 0 Å². The van der Waals surface area contributed by atoms with Gasteiger partial charge >= 0.3 is 0 Å². The van der Waals surface area contributed by atoms with Crippen molar-refractivity contribution in [2.45, 2.75) is 33.6 Å². The minimum atomic E-state index is -0.270. The summed E-state index contributed by atoms with van der Waals surface area (Å²) in [7, 11) is 0. The van der Waals surface area contributed by atoms with E-state index in [2.05, 4.69) is 24.3 Å². The van der Waals surface area contributed by atoms with Gasteiger partial charge in [0.05, 0.1) is 0 Å². The Balaban J connectivity index is 1.90. The van der Waals surface area contributed by atoms with Crippen molar-refractivity contribution in [3.8, 4) is 5.75 Å². The fraction of sp³-hybridized carbons (Fsp3) is 0.375. The lowest BCUT2D eigenvalue weighted by atomic mass is 9.98. The number of carbonyl (C=O) groups is 1. The zero-order valence-corrected chi connectivity index (χ0v) is 12.8. The molecule has 0 atom stereocenters. The molecule has 0 aliphatic rings. The van der Waals surface area contributed by atoms with E-state index < -0.39 is 0 Å². The number of amides is 1. The number of aromatic nitrogens is 1. The largest absolute Gasteiger partial charge is 0.484 e. The first-order chi connectivity index (χ1) is 9.95. The van der Waals surface area contributed by atoms with Crippen molar-refractivity contribution >= 4 is 11.7 Å². The normalized spacial score (nSPS) is 10.7. The first-order valence-electron chi connectivity index (χ1n) is 6.92. The van der Waals surface area contributed by atoms with Crippen LogP contribution in [0.25, 0.3) is 0 Å². The molecular formula is C16H20N2O3. The summed E-state index contributed by atoms with van der Waals surface area (Å²) in [6.45, 7) is 8.04. The summed E-state index contributed by atoms with van der Waals surface area (Å²) in [6, 6.07) is 7.52. The van der Waals surface area contributed by atoms with E-state index in [-0.39, 0.29) is 12.5 Å². The minimum absolute atomic E-state index is 0.0631. The van der Waals surface area contributed by atoms with Crippen LogP contribution in [0, 0.1) is 13.8 Å². The molecule has 0 radical (unpaired) electrons. The molecule has 5 nitrogen and oxygen atoms in total. The van der Waals surface area contributed by atoms with Gasteiger partial charge in [-0.25, -0.2) is 0 Å². The smallest absolute Gasteiger partial charge is 0.263 e. The van der Waals surface area contributed by atoms with Crippen molar-refractivity contribution in [1.29, 1.82) is 0 Å². The van der Waals surface area contributed by atoms with E-state index in [4.69, 9.17) is 9.26 Å². The number of benzene rings is 1. The van der Waals surface area contributed by atoms with Crippen molar-refractivity contribution < 1.29 is 14.1 Å². The summed E-state index contributed by atoms with van der Waals surface area (Å²) in [6.07, 6.45) is 0. The molecule has 0 fully saturated rings. The third kappa shape index (κ3) is 4.08. The maximum Gasteiger partial charge on any atom is 0.263 e. The lowest BCUT2D eigenvalue weighted by Gasteiger charge is -2.12. The summed E-state index contributed by atoms with van der Waals surface area (Å²) in [5, 5.41) is 6.30. The van der Waals surface area contributed by atoms with Crippen LogP contribution < -0.4 is 10.1 Å². The fourth-order valence-electron chi connectivity index (χ4n) is 2.14. The van der Waals surface area contributed by atoms with Gasteiger partial charge in [0.1, 0.15) is 11.5 Å². The summed E-state index contributed by atoms with van der Waals surface area (Å²) < 4.78 is 10.4. The molecule has 112 valence electrons. The molecule has 2 rings (SSSR count). The van der Waals surface area contributed by atoms with E-state index in [1.807, 2.05) is 25.1 Å². The number of nitrogens with one attached hydrogen (secondary N) is 1. The Hall–Kier alpha value is -2.30. The van der Waals surface area contributed by atoms with Crippen molar-refractivity contribution in [3.63, 3.8) is 0 Å². The van der Waals surface area contributed by atoms with Gasteiger partial charge < -0.3 is 14.6 Å². The van der Waals surface area contributed by atoms with Crippen LogP contribution in [-0.4, -0.2) is 17.7 Å². The van der Waals surface area contributed by atoms with Crippen LogP contribution in [0.2, 0.25) is 0 Å². The highest BCUT2D eigenvalue weighted by atomic mass is 16.5. The van der Waals surface area contributed by atoms with Crippen LogP contribution in [0.5, 0.6) is 5.75 Å². The number of carbonyl (C=O) groups excluding carboxylic acids is 1. The molecule has 0 aliphatic heterocycles. The standard InChI is InChI=1S/C16H20N2O3/c1-10(2)14-6-5-13(7-11(14)3)20-9-16(19)17-15-8-12(4)21-18-15/h5-8,10H,9H2,1-4H3,(H,17,18,19). The lowest BCUT2D eigenvalue weighted by Crippen LogP contribution is -2.20. The Morgan fingerprint density at radius 1 is 1.33 bits per heavy atom. The van der Waals surface area contributed by atoms with Crippen LogP contribution in [0.15, 0.2) is 28.8 Å². The Bertz CT molecular complexity index is 632. The van der Waals surface area contributed by atoms with Gasteiger partial charge in [-0.2, -0.15) is 0 Å². The highest BCUT2D eigenvalue weighted by Gasteiger charge is 2.08. The Morgan fingerprint density at radius 3 is 2.67 bits per heavy atom. The predicted octanol–water partition coefficient (Wildman–Crippen LogP) is 3.43. The summed E-state index contributed by atoms with van der Waals surface area (Å²) in [5.41, 5.74) is 2.44. The summed E-state index contributed by atoms with van der Waals surface area (Å²) in [5.74, 6) is 1.92. The lowest BCUT2D eigenvalue weighted by molar-refractivity contribution is -0.118. The highest BCUT2D eigenvalue weighted by molar-refractivity contribution is 5.90. The quantitative estimate of drug-likeness (QED) is 0.915. The first-order valence-corrected chi connectivity index (χ1v) is 6.92. The molecular weight excluding hydrogens is 268 g/mol. The molecule has 5 heteroatoms. The minimum Gasteiger partial charge on any atom is -0.484 e.